The molecule has 4 rings (SSSR count). The fourth-order valence-corrected chi connectivity index (χ4v) is 3.73. The van der Waals surface area contributed by atoms with Crippen LogP contribution in [0.3, 0.4) is 0 Å². The molecule has 1 aromatic carbocycles. The third-order valence-electron chi connectivity index (χ3n) is 5.03. The number of aliphatic hydroxyl groups excluding tert-OH is 1. The van der Waals surface area contributed by atoms with Gasteiger partial charge in [0.15, 0.2) is 0 Å². The Balaban J connectivity index is 1.75. The minimum atomic E-state index is -0.549. The summed E-state index contributed by atoms with van der Waals surface area (Å²) in [6, 6.07) is 7.84. The van der Waals surface area contributed by atoms with E-state index in [0.29, 0.717) is 6.54 Å². The van der Waals surface area contributed by atoms with Gasteiger partial charge in [-0.1, -0.05) is 12.1 Å². The number of primary amides is 1. The van der Waals surface area contributed by atoms with Crippen LogP contribution in [0.4, 0.5) is 0 Å². The Kier molecular flexibility index (Phi) is 4.63. The van der Waals surface area contributed by atoms with Gasteiger partial charge in [-0.25, -0.2) is 4.98 Å². The zero-order chi connectivity index (χ0) is 19.0. The maximum absolute atomic E-state index is 11.8. The predicted molar refractivity (Wildman–Crippen MR) is 103 cm³/mol. The Morgan fingerprint density at radius 1 is 1.37 bits per heavy atom. The Morgan fingerprint density at radius 3 is 2.93 bits per heavy atom. The minimum Gasteiger partial charge on any atom is -0.392 e. The zero-order valence-electron chi connectivity index (χ0n) is 15.3. The van der Waals surface area contributed by atoms with E-state index in [1.54, 1.807) is 16.9 Å². The molecule has 1 aliphatic heterocycles. The van der Waals surface area contributed by atoms with Crippen LogP contribution in [0.25, 0.3) is 22.0 Å². The van der Waals surface area contributed by atoms with Gasteiger partial charge in [-0.15, -0.1) is 0 Å². The molecule has 1 fully saturated rings. The molecule has 3 heterocycles. The minimum absolute atomic E-state index is 0.242. The van der Waals surface area contributed by atoms with E-state index in [4.69, 9.17) is 5.73 Å². The zero-order valence-corrected chi connectivity index (χ0v) is 15.3. The molecule has 3 aromatic rings. The molecule has 0 unspecified atom stereocenters. The normalized spacial score (nSPS) is 18.1. The highest BCUT2D eigenvalue weighted by molar-refractivity contribution is 6.00. The average molecular weight is 365 g/mol. The molecule has 27 heavy (non-hydrogen) atoms. The second kappa shape index (κ2) is 7.09. The summed E-state index contributed by atoms with van der Waals surface area (Å²) in [6.07, 6.45) is 5.29. The van der Waals surface area contributed by atoms with Crippen LogP contribution in [0.15, 0.2) is 36.7 Å². The van der Waals surface area contributed by atoms with E-state index in [0.717, 1.165) is 53.5 Å². The van der Waals surface area contributed by atoms with Crippen molar-refractivity contribution in [1.29, 1.82) is 0 Å². The monoisotopic (exact) mass is 365 g/mol. The largest absolute Gasteiger partial charge is 0.392 e. The van der Waals surface area contributed by atoms with Gasteiger partial charge in [-0.05, 0) is 42.6 Å². The van der Waals surface area contributed by atoms with Gasteiger partial charge in [-0.3, -0.25) is 14.4 Å². The fraction of sp³-hybridized carbons (Fsp3) is 0.350. The lowest BCUT2D eigenvalue weighted by molar-refractivity contribution is 0.0668. The SMILES string of the molecule is Cn1cc(-c2cc(C(N)=O)nc3cc(CN4CCC[C@@H](O)C4)ccc23)cn1. The Bertz CT molecular complexity index is 997. The van der Waals surface area contributed by atoms with Gasteiger partial charge in [0.1, 0.15) is 5.69 Å². The van der Waals surface area contributed by atoms with E-state index in [2.05, 4.69) is 21.0 Å². The van der Waals surface area contributed by atoms with Crippen molar-refractivity contribution in [2.75, 3.05) is 13.1 Å². The van der Waals surface area contributed by atoms with Crippen LogP contribution in [-0.2, 0) is 13.6 Å². The fourth-order valence-electron chi connectivity index (χ4n) is 3.73. The first-order chi connectivity index (χ1) is 13.0. The predicted octanol–water partition coefficient (Wildman–Crippen LogP) is 1.69. The lowest BCUT2D eigenvalue weighted by atomic mass is 10.0. The first-order valence-electron chi connectivity index (χ1n) is 9.12. The van der Waals surface area contributed by atoms with Crippen molar-refractivity contribution in [2.24, 2.45) is 12.8 Å². The molecule has 1 saturated heterocycles. The molecule has 140 valence electrons. The number of piperidine rings is 1. The number of rotatable bonds is 4. The number of hydrogen-bond donors (Lipinski definition) is 2. The molecule has 1 aliphatic rings. The highest BCUT2D eigenvalue weighted by Crippen LogP contribution is 2.29. The van der Waals surface area contributed by atoms with Gasteiger partial charge in [0, 0.05) is 37.3 Å². The number of nitrogens with zero attached hydrogens (tertiary/aromatic N) is 4. The van der Waals surface area contributed by atoms with Crippen LogP contribution in [0.1, 0.15) is 28.9 Å². The maximum atomic E-state index is 11.8. The number of aliphatic hydroxyl groups is 1. The van der Waals surface area contributed by atoms with Gasteiger partial charge in [0.25, 0.3) is 5.91 Å². The van der Waals surface area contributed by atoms with E-state index in [9.17, 15) is 9.90 Å². The number of fused-ring (bicyclic) bond motifs is 1. The van der Waals surface area contributed by atoms with Crippen LogP contribution in [0, 0.1) is 0 Å². The van der Waals surface area contributed by atoms with Crippen LogP contribution in [0.5, 0.6) is 0 Å². The summed E-state index contributed by atoms with van der Waals surface area (Å²) >= 11 is 0. The van der Waals surface area contributed by atoms with Crippen molar-refractivity contribution < 1.29 is 9.90 Å². The van der Waals surface area contributed by atoms with Gasteiger partial charge < -0.3 is 10.8 Å². The summed E-state index contributed by atoms with van der Waals surface area (Å²) in [5.74, 6) is -0.549. The molecule has 1 atom stereocenters. The second-order valence-electron chi connectivity index (χ2n) is 7.20. The molecule has 0 radical (unpaired) electrons. The molecular weight excluding hydrogens is 342 g/mol. The van der Waals surface area contributed by atoms with E-state index < -0.39 is 5.91 Å². The van der Waals surface area contributed by atoms with Crippen molar-refractivity contribution in [2.45, 2.75) is 25.5 Å². The number of benzene rings is 1. The van der Waals surface area contributed by atoms with E-state index in [1.807, 2.05) is 25.4 Å². The summed E-state index contributed by atoms with van der Waals surface area (Å²) < 4.78 is 1.72. The number of hydrogen-bond acceptors (Lipinski definition) is 5. The van der Waals surface area contributed by atoms with Crippen LogP contribution in [0.2, 0.25) is 0 Å². The standard InChI is InChI=1S/C20H23N5O2/c1-24-11-14(9-22-24)17-8-19(20(21)27)23-18-7-13(4-5-16(17)18)10-25-6-2-3-15(26)12-25/h4-5,7-9,11,15,26H,2-3,6,10,12H2,1H3,(H2,21,27)/t15-/m1/s1. The molecule has 3 N–H and O–H groups in total. The van der Waals surface area contributed by atoms with E-state index >= 15 is 0 Å². The van der Waals surface area contributed by atoms with E-state index in [1.165, 1.54) is 0 Å². The Morgan fingerprint density at radius 2 is 2.22 bits per heavy atom. The van der Waals surface area contributed by atoms with Crippen molar-refractivity contribution in [1.82, 2.24) is 19.7 Å². The number of aromatic nitrogens is 3. The molecule has 2 aromatic heterocycles. The summed E-state index contributed by atoms with van der Waals surface area (Å²) in [5, 5.41) is 15.1. The van der Waals surface area contributed by atoms with Gasteiger partial charge >= 0.3 is 0 Å². The second-order valence-corrected chi connectivity index (χ2v) is 7.20. The maximum Gasteiger partial charge on any atom is 0.267 e. The van der Waals surface area contributed by atoms with Crippen LogP contribution >= 0.6 is 0 Å². The number of β-amino-alcohol motifs (C(OH)–C–C–N with tert-alkyl or cyclic N) is 1. The third-order valence-corrected chi connectivity index (χ3v) is 5.03. The topological polar surface area (TPSA) is 97.3 Å². The van der Waals surface area contributed by atoms with Gasteiger partial charge in [-0.2, -0.15) is 5.10 Å². The number of pyridine rings is 1. The summed E-state index contributed by atoms with van der Waals surface area (Å²) in [6.45, 7) is 2.41. The van der Waals surface area contributed by atoms with Crippen molar-refractivity contribution in [3.8, 4) is 11.1 Å². The van der Waals surface area contributed by atoms with Gasteiger partial charge in [0.05, 0.1) is 17.8 Å². The molecule has 1 amide bonds. The molecule has 0 bridgehead atoms. The Hall–Kier alpha value is -2.77. The van der Waals surface area contributed by atoms with Crippen LogP contribution < -0.4 is 5.73 Å². The number of amides is 1. The number of carbonyl (C=O) groups is 1. The number of nitrogens with two attached hydrogens (primary N) is 1. The molecule has 7 nitrogen and oxygen atoms in total. The molecular formula is C20H23N5O2. The van der Waals surface area contributed by atoms with Gasteiger partial charge in [0.2, 0.25) is 0 Å². The highest BCUT2D eigenvalue weighted by Gasteiger charge is 2.18. The molecule has 7 heteroatoms. The smallest absolute Gasteiger partial charge is 0.267 e. The summed E-state index contributed by atoms with van der Waals surface area (Å²) in [5.41, 5.74) is 9.39. The first kappa shape index (κ1) is 17.6. The Labute approximate surface area is 157 Å². The summed E-state index contributed by atoms with van der Waals surface area (Å²) in [7, 11) is 1.85. The average Bonchev–Trinajstić information content (AvgIpc) is 3.06. The third kappa shape index (κ3) is 3.70. The van der Waals surface area contributed by atoms with Crippen molar-refractivity contribution >= 4 is 16.8 Å². The quantitative estimate of drug-likeness (QED) is 0.733. The molecule has 0 saturated carbocycles. The highest BCUT2D eigenvalue weighted by atomic mass is 16.3. The molecule has 0 aliphatic carbocycles. The molecule has 0 spiro atoms. The summed E-state index contributed by atoms with van der Waals surface area (Å²) in [4.78, 5) is 18.5. The number of likely N-dealkylation sites (tertiary alicyclic amines) is 1. The van der Waals surface area contributed by atoms with E-state index in [-0.39, 0.29) is 11.8 Å². The number of carbonyl (C=O) groups excluding carboxylic acids is 1. The first-order valence-corrected chi connectivity index (χ1v) is 9.12. The van der Waals surface area contributed by atoms with Crippen LogP contribution in [-0.4, -0.2) is 49.9 Å². The van der Waals surface area contributed by atoms with Crippen molar-refractivity contribution in [3.63, 3.8) is 0 Å². The lowest BCUT2D eigenvalue weighted by Crippen LogP contribution is -2.37. The lowest BCUT2D eigenvalue weighted by Gasteiger charge is -2.30. The van der Waals surface area contributed by atoms with Crippen molar-refractivity contribution in [3.05, 3.63) is 47.9 Å². The number of aryl methyl sites for hydroxylation is 1.